The first-order chi connectivity index (χ1) is 10.1. The molecule has 0 aromatic carbocycles. The Bertz CT molecular complexity index is 790. The molecule has 1 N–H and O–H groups in total. The summed E-state index contributed by atoms with van der Waals surface area (Å²) in [5.41, 5.74) is 4.33. The van der Waals surface area contributed by atoms with Crippen LogP contribution in [0.3, 0.4) is 0 Å². The van der Waals surface area contributed by atoms with Gasteiger partial charge < -0.3 is 5.11 Å². The number of carboxylic acids is 1. The van der Waals surface area contributed by atoms with Gasteiger partial charge >= 0.3 is 5.97 Å². The molecule has 0 amide bonds. The zero-order chi connectivity index (χ0) is 15.0. The summed E-state index contributed by atoms with van der Waals surface area (Å²) >= 11 is 2.78. The van der Waals surface area contributed by atoms with Crippen LogP contribution in [0.4, 0.5) is 0 Å². The lowest BCUT2D eigenvalue weighted by Crippen LogP contribution is -2.06. The molecule has 3 rings (SSSR count). The molecule has 3 heterocycles. The van der Waals surface area contributed by atoms with Gasteiger partial charge in [0.1, 0.15) is 5.52 Å². The summed E-state index contributed by atoms with van der Waals surface area (Å²) in [6.45, 7) is 2.51. The Morgan fingerprint density at radius 2 is 2.33 bits per heavy atom. The zero-order valence-electron chi connectivity index (χ0n) is 11.5. The molecule has 3 aromatic heterocycles. The van der Waals surface area contributed by atoms with Gasteiger partial charge in [-0.25, -0.2) is 4.98 Å². The standard InChI is InChI=1S/C12H13N5O2S2/c1-7-10-11(16(2)15-7)17(4-8-3-13-6-21-8)12(14-10)20-5-9(18)19/h3,6H,4-5H2,1-2H3,(H,18,19). The smallest absolute Gasteiger partial charge is 0.313 e. The number of thioether (sulfide) groups is 1. The second-order valence-corrected chi connectivity index (χ2v) is 6.43. The van der Waals surface area contributed by atoms with Crippen molar-refractivity contribution >= 4 is 40.2 Å². The molecule has 21 heavy (non-hydrogen) atoms. The van der Waals surface area contributed by atoms with Gasteiger partial charge in [-0.1, -0.05) is 11.8 Å². The number of hydrogen-bond donors (Lipinski definition) is 1. The van der Waals surface area contributed by atoms with Gasteiger partial charge in [-0.3, -0.25) is 19.0 Å². The van der Waals surface area contributed by atoms with Gasteiger partial charge in [-0.15, -0.1) is 11.3 Å². The first-order valence-corrected chi connectivity index (χ1v) is 8.04. The number of thiazole rings is 1. The van der Waals surface area contributed by atoms with E-state index in [0.717, 1.165) is 21.7 Å². The molecule has 110 valence electrons. The third-order valence-corrected chi connectivity index (χ3v) is 4.70. The second-order valence-electron chi connectivity index (χ2n) is 4.51. The number of carbonyl (C=O) groups is 1. The average Bonchev–Trinajstić information content (AvgIpc) is 3.09. The predicted octanol–water partition coefficient (Wildman–Crippen LogP) is 1.76. The van der Waals surface area contributed by atoms with Crippen LogP contribution < -0.4 is 0 Å². The highest BCUT2D eigenvalue weighted by molar-refractivity contribution is 7.99. The molecule has 0 saturated carbocycles. The fraction of sp³-hybridized carbons (Fsp3) is 0.333. The van der Waals surface area contributed by atoms with Crippen LogP contribution in [0.1, 0.15) is 10.6 Å². The van der Waals surface area contributed by atoms with Crippen LogP contribution in [0.25, 0.3) is 11.2 Å². The molecule has 0 aliphatic heterocycles. The maximum Gasteiger partial charge on any atom is 0.313 e. The quantitative estimate of drug-likeness (QED) is 0.720. The highest BCUT2D eigenvalue weighted by atomic mass is 32.2. The molecule has 7 nitrogen and oxygen atoms in total. The first-order valence-electron chi connectivity index (χ1n) is 6.18. The zero-order valence-corrected chi connectivity index (χ0v) is 13.1. The molecular formula is C12H13N5O2S2. The van der Waals surface area contributed by atoms with Gasteiger partial charge in [0.2, 0.25) is 0 Å². The van der Waals surface area contributed by atoms with E-state index in [4.69, 9.17) is 5.11 Å². The summed E-state index contributed by atoms with van der Waals surface area (Å²) in [6, 6.07) is 0. The topological polar surface area (TPSA) is 85.8 Å². The molecular weight excluding hydrogens is 310 g/mol. The van der Waals surface area contributed by atoms with E-state index in [9.17, 15) is 4.79 Å². The van der Waals surface area contributed by atoms with Gasteiger partial charge in [-0.05, 0) is 6.92 Å². The predicted molar refractivity (Wildman–Crippen MR) is 80.8 cm³/mol. The van der Waals surface area contributed by atoms with Crippen molar-refractivity contribution in [3.05, 3.63) is 22.3 Å². The van der Waals surface area contributed by atoms with Gasteiger partial charge in [0.25, 0.3) is 0 Å². The van der Waals surface area contributed by atoms with Crippen molar-refractivity contribution in [2.45, 2.75) is 18.6 Å². The molecule has 0 bridgehead atoms. The maximum atomic E-state index is 10.8. The molecule has 3 aromatic rings. The third kappa shape index (κ3) is 2.66. The normalized spacial score (nSPS) is 11.3. The van der Waals surface area contributed by atoms with Crippen LogP contribution >= 0.6 is 23.1 Å². The summed E-state index contributed by atoms with van der Waals surface area (Å²) in [4.78, 5) is 20.5. The molecule has 0 aliphatic rings. The number of fused-ring (bicyclic) bond motifs is 1. The minimum atomic E-state index is -0.855. The molecule has 0 saturated heterocycles. The monoisotopic (exact) mass is 323 g/mol. The summed E-state index contributed by atoms with van der Waals surface area (Å²) in [5, 5.41) is 13.9. The van der Waals surface area contributed by atoms with Crippen molar-refractivity contribution in [2.75, 3.05) is 5.75 Å². The molecule has 0 unspecified atom stereocenters. The molecule has 9 heteroatoms. The third-order valence-electron chi connectivity index (χ3n) is 2.98. The summed E-state index contributed by atoms with van der Waals surface area (Å²) in [5.74, 6) is -0.871. The van der Waals surface area contributed by atoms with Crippen LogP contribution in [-0.2, 0) is 18.4 Å². The van der Waals surface area contributed by atoms with Gasteiger partial charge in [0.15, 0.2) is 10.8 Å². The first kappa shape index (κ1) is 14.1. The Morgan fingerprint density at radius 3 is 3.00 bits per heavy atom. The van der Waals surface area contributed by atoms with Gasteiger partial charge in [-0.2, -0.15) is 5.10 Å². The molecule has 0 radical (unpaired) electrons. The Morgan fingerprint density at radius 1 is 1.52 bits per heavy atom. The van der Waals surface area contributed by atoms with E-state index in [1.807, 2.05) is 24.7 Å². The number of aryl methyl sites for hydroxylation is 2. The minimum absolute atomic E-state index is 0.0154. The van der Waals surface area contributed by atoms with Crippen molar-refractivity contribution in [1.29, 1.82) is 0 Å². The highest BCUT2D eigenvalue weighted by Gasteiger charge is 2.19. The second kappa shape index (κ2) is 5.49. The van der Waals surface area contributed by atoms with E-state index < -0.39 is 5.97 Å². The molecule has 0 atom stereocenters. The van der Waals surface area contributed by atoms with E-state index in [2.05, 4.69) is 15.1 Å². The Balaban J connectivity index is 2.07. The maximum absolute atomic E-state index is 10.8. The molecule has 0 aliphatic carbocycles. The van der Waals surface area contributed by atoms with E-state index in [0.29, 0.717) is 11.7 Å². The lowest BCUT2D eigenvalue weighted by molar-refractivity contribution is -0.133. The van der Waals surface area contributed by atoms with Crippen molar-refractivity contribution in [3.63, 3.8) is 0 Å². The Labute approximate surface area is 128 Å². The lowest BCUT2D eigenvalue weighted by atomic mass is 10.4. The minimum Gasteiger partial charge on any atom is -0.481 e. The molecule has 0 spiro atoms. The van der Waals surface area contributed by atoms with E-state index in [-0.39, 0.29) is 5.75 Å². The number of rotatable bonds is 5. The number of nitrogens with zero attached hydrogens (tertiary/aromatic N) is 5. The van der Waals surface area contributed by atoms with E-state index >= 15 is 0 Å². The number of imidazole rings is 1. The number of carboxylic acid groups (broad SMARTS) is 1. The lowest BCUT2D eigenvalue weighted by Gasteiger charge is -2.07. The number of hydrogen-bond acceptors (Lipinski definition) is 6. The fourth-order valence-corrected chi connectivity index (χ4v) is 3.47. The average molecular weight is 323 g/mol. The molecule has 0 fully saturated rings. The number of aromatic nitrogens is 5. The highest BCUT2D eigenvalue weighted by Crippen LogP contribution is 2.27. The largest absolute Gasteiger partial charge is 0.481 e. The van der Waals surface area contributed by atoms with Gasteiger partial charge in [0.05, 0.1) is 23.5 Å². The van der Waals surface area contributed by atoms with Crippen LogP contribution in [0, 0.1) is 6.92 Å². The Hall–Kier alpha value is -1.87. The van der Waals surface area contributed by atoms with Crippen LogP contribution in [0.5, 0.6) is 0 Å². The summed E-state index contributed by atoms with van der Waals surface area (Å²) in [7, 11) is 1.87. The van der Waals surface area contributed by atoms with Crippen molar-refractivity contribution < 1.29 is 9.90 Å². The van der Waals surface area contributed by atoms with Crippen LogP contribution in [0.2, 0.25) is 0 Å². The van der Waals surface area contributed by atoms with Gasteiger partial charge in [0, 0.05) is 18.1 Å². The van der Waals surface area contributed by atoms with Crippen LogP contribution in [0.15, 0.2) is 16.9 Å². The summed E-state index contributed by atoms with van der Waals surface area (Å²) < 4.78 is 3.78. The van der Waals surface area contributed by atoms with E-state index in [1.165, 1.54) is 11.8 Å². The summed E-state index contributed by atoms with van der Waals surface area (Å²) in [6.07, 6.45) is 1.81. The van der Waals surface area contributed by atoms with Crippen molar-refractivity contribution in [3.8, 4) is 0 Å². The van der Waals surface area contributed by atoms with Crippen LogP contribution in [-0.4, -0.2) is 41.1 Å². The SMILES string of the molecule is Cc1nn(C)c2c1nc(SCC(=O)O)n2Cc1cncs1. The van der Waals surface area contributed by atoms with E-state index in [1.54, 1.807) is 21.5 Å². The van der Waals surface area contributed by atoms with Crippen molar-refractivity contribution in [1.82, 2.24) is 24.3 Å². The fourth-order valence-electron chi connectivity index (χ4n) is 2.17. The Kier molecular flexibility index (Phi) is 3.68. The number of aliphatic carboxylic acids is 1. The van der Waals surface area contributed by atoms with Crippen molar-refractivity contribution in [2.24, 2.45) is 7.05 Å².